The monoisotopic (exact) mass is 539 g/mol. The van der Waals surface area contributed by atoms with Crippen molar-refractivity contribution in [2.75, 3.05) is 20.3 Å². The molecule has 40 heavy (non-hydrogen) atoms. The average Bonchev–Trinajstić information content (AvgIpc) is 2.94. The minimum atomic E-state index is -0.250. The Morgan fingerprint density at radius 1 is 1.05 bits per heavy atom. The first-order chi connectivity index (χ1) is 19.3. The van der Waals surface area contributed by atoms with E-state index in [1.165, 1.54) is 4.68 Å². The minimum absolute atomic E-state index is 0.213. The van der Waals surface area contributed by atoms with Crippen LogP contribution in [0.3, 0.4) is 0 Å². The van der Waals surface area contributed by atoms with Crippen LogP contribution in [-0.2, 0) is 6.42 Å². The molecule has 4 rings (SSSR count). The minimum Gasteiger partial charge on any atom is -0.494 e. The highest BCUT2D eigenvalue weighted by molar-refractivity contribution is 5.83. The van der Waals surface area contributed by atoms with Crippen molar-refractivity contribution in [3.63, 3.8) is 0 Å². The molecule has 4 aromatic rings. The summed E-state index contributed by atoms with van der Waals surface area (Å²) in [6, 6.07) is 15.2. The van der Waals surface area contributed by atoms with Crippen LogP contribution in [0.2, 0.25) is 0 Å². The Kier molecular flexibility index (Phi) is 9.04. The van der Waals surface area contributed by atoms with Gasteiger partial charge in [-0.3, -0.25) is 4.79 Å². The van der Waals surface area contributed by atoms with Crippen molar-refractivity contribution in [3.8, 4) is 28.6 Å². The zero-order chi connectivity index (χ0) is 28.8. The molecular formula is C33H37N3O4. The summed E-state index contributed by atoms with van der Waals surface area (Å²) in [5, 5.41) is 5.19. The average molecular weight is 540 g/mol. The van der Waals surface area contributed by atoms with Crippen molar-refractivity contribution in [2.45, 2.75) is 47.0 Å². The highest BCUT2D eigenvalue weighted by Crippen LogP contribution is 2.35. The molecule has 0 saturated heterocycles. The lowest BCUT2D eigenvalue weighted by molar-refractivity contribution is 0.308. The summed E-state index contributed by atoms with van der Waals surface area (Å²) >= 11 is 0. The van der Waals surface area contributed by atoms with Gasteiger partial charge in [-0.1, -0.05) is 32.1 Å². The number of aromatic nitrogens is 2. The largest absolute Gasteiger partial charge is 0.494 e. The Labute approximate surface area is 235 Å². The molecule has 1 aromatic heterocycles. The number of hydrogen-bond donors (Lipinski definition) is 0. The van der Waals surface area contributed by atoms with E-state index in [1.54, 1.807) is 19.4 Å². The van der Waals surface area contributed by atoms with Crippen molar-refractivity contribution >= 4 is 17.1 Å². The Balaban J connectivity index is 1.95. The molecule has 7 heteroatoms. The highest BCUT2D eigenvalue weighted by atomic mass is 16.5. The molecule has 1 heterocycles. The molecule has 0 aliphatic heterocycles. The lowest BCUT2D eigenvalue weighted by Gasteiger charge is -2.18. The summed E-state index contributed by atoms with van der Waals surface area (Å²) in [5.74, 6) is 2.79. The molecule has 0 unspecified atom stereocenters. The zero-order valence-electron chi connectivity index (χ0n) is 24.2. The molecule has 0 aliphatic carbocycles. The molecule has 0 bridgehead atoms. The Morgan fingerprint density at radius 3 is 2.48 bits per heavy atom. The molecule has 0 N–H and O–H groups in total. The van der Waals surface area contributed by atoms with Crippen molar-refractivity contribution in [1.82, 2.24) is 9.66 Å². The van der Waals surface area contributed by atoms with Gasteiger partial charge in [-0.2, -0.15) is 9.78 Å². The number of hydrogen-bond acceptors (Lipinski definition) is 6. The van der Waals surface area contributed by atoms with Crippen molar-refractivity contribution in [3.05, 3.63) is 93.8 Å². The summed E-state index contributed by atoms with van der Waals surface area (Å²) in [7, 11) is 1.60. The third-order valence-corrected chi connectivity index (χ3v) is 6.62. The zero-order valence-corrected chi connectivity index (χ0v) is 24.2. The van der Waals surface area contributed by atoms with Crippen LogP contribution in [0.1, 0.15) is 55.9 Å². The van der Waals surface area contributed by atoms with Crippen LogP contribution < -0.4 is 19.8 Å². The molecule has 0 spiro atoms. The van der Waals surface area contributed by atoms with Crippen molar-refractivity contribution < 1.29 is 14.2 Å². The molecule has 0 radical (unpaired) electrons. The second kappa shape index (κ2) is 12.6. The summed E-state index contributed by atoms with van der Waals surface area (Å²) in [4.78, 5) is 18.7. The van der Waals surface area contributed by atoms with E-state index in [0.717, 1.165) is 33.6 Å². The van der Waals surface area contributed by atoms with Crippen LogP contribution in [-0.4, -0.2) is 36.2 Å². The van der Waals surface area contributed by atoms with Crippen molar-refractivity contribution in [2.24, 2.45) is 5.10 Å². The van der Waals surface area contributed by atoms with E-state index in [4.69, 9.17) is 24.3 Å². The molecule has 7 nitrogen and oxygen atoms in total. The predicted molar refractivity (Wildman–Crippen MR) is 162 cm³/mol. The van der Waals surface area contributed by atoms with E-state index >= 15 is 0 Å². The van der Waals surface area contributed by atoms with Crippen LogP contribution in [0.5, 0.6) is 17.2 Å². The van der Waals surface area contributed by atoms with Crippen LogP contribution in [0.15, 0.2) is 71.1 Å². The van der Waals surface area contributed by atoms with E-state index in [0.29, 0.717) is 47.9 Å². The van der Waals surface area contributed by atoms with Crippen LogP contribution in [0, 0.1) is 6.92 Å². The number of ether oxygens (including phenoxy) is 3. The summed E-state index contributed by atoms with van der Waals surface area (Å²) < 4.78 is 18.8. The fourth-order valence-electron chi connectivity index (χ4n) is 4.73. The highest BCUT2D eigenvalue weighted by Gasteiger charge is 2.19. The summed E-state index contributed by atoms with van der Waals surface area (Å²) in [6.07, 6.45) is 4.06. The number of benzene rings is 3. The van der Waals surface area contributed by atoms with Gasteiger partial charge in [-0.05, 0) is 86.2 Å². The van der Waals surface area contributed by atoms with Gasteiger partial charge in [-0.15, -0.1) is 6.58 Å². The fraction of sp³-hybridized carbons (Fsp3) is 0.303. The maximum atomic E-state index is 13.8. The van der Waals surface area contributed by atoms with Gasteiger partial charge in [0, 0.05) is 11.1 Å². The Hall–Kier alpha value is -4.39. The van der Waals surface area contributed by atoms with Gasteiger partial charge in [0.25, 0.3) is 5.56 Å². The number of aryl methyl sites for hydroxylation is 1. The topological polar surface area (TPSA) is 74.9 Å². The molecule has 0 atom stereocenters. The molecule has 208 valence electrons. The van der Waals surface area contributed by atoms with E-state index in [9.17, 15) is 4.79 Å². The molecule has 0 amide bonds. The lowest BCUT2D eigenvalue weighted by atomic mass is 9.96. The number of methoxy groups -OCH3 is 1. The quantitative estimate of drug-likeness (QED) is 0.153. The van der Waals surface area contributed by atoms with E-state index in [1.807, 2.05) is 63.2 Å². The number of nitrogens with zero attached hydrogens (tertiary/aromatic N) is 3. The molecule has 0 saturated carbocycles. The van der Waals surface area contributed by atoms with Gasteiger partial charge in [0.05, 0.1) is 37.4 Å². The van der Waals surface area contributed by atoms with Gasteiger partial charge in [0.1, 0.15) is 5.75 Å². The van der Waals surface area contributed by atoms with Crippen LogP contribution >= 0.6 is 0 Å². The van der Waals surface area contributed by atoms with Crippen LogP contribution in [0.4, 0.5) is 0 Å². The maximum Gasteiger partial charge on any atom is 0.282 e. The van der Waals surface area contributed by atoms with Gasteiger partial charge in [0.15, 0.2) is 17.3 Å². The molecule has 0 aliphatic rings. The van der Waals surface area contributed by atoms with E-state index in [-0.39, 0.29) is 11.5 Å². The summed E-state index contributed by atoms with van der Waals surface area (Å²) in [6.45, 7) is 15.1. The normalized spacial score (nSPS) is 11.4. The summed E-state index contributed by atoms with van der Waals surface area (Å²) in [5.41, 5.74) is 4.86. The standard InChI is InChI=1S/C33H37N3O4/c1-8-13-24-17-23(18-30(38-7)31(24)40-10-3)20-34-36-32(35-28-15-12-11-14-25(28)33(36)37)27-19-26(21(4)5)29(39-9-2)16-22(27)6/h8,11-12,14-21H,1,9-10,13H2,2-7H3. The predicted octanol–water partition coefficient (Wildman–Crippen LogP) is 6.91. The number of rotatable bonds is 11. The van der Waals surface area contributed by atoms with Gasteiger partial charge >= 0.3 is 0 Å². The van der Waals surface area contributed by atoms with E-state index < -0.39 is 0 Å². The Morgan fingerprint density at radius 2 is 1.80 bits per heavy atom. The first kappa shape index (κ1) is 28.6. The third kappa shape index (κ3) is 5.78. The lowest BCUT2D eigenvalue weighted by Crippen LogP contribution is -2.21. The SMILES string of the molecule is C=CCc1cc(C=Nn2c(-c3cc(C(C)C)c(OCC)cc3C)nc3ccccc3c2=O)cc(OC)c1OCC. The number of fused-ring (bicyclic) bond motifs is 1. The fourth-order valence-corrected chi connectivity index (χ4v) is 4.73. The molecule has 3 aromatic carbocycles. The van der Waals surface area contributed by atoms with E-state index in [2.05, 4.69) is 26.5 Å². The molecule has 0 fully saturated rings. The first-order valence-electron chi connectivity index (χ1n) is 13.6. The first-order valence-corrected chi connectivity index (χ1v) is 13.6. The van der Waals surface area contributed by atoms with Gasteiger partial charge in [0.2, 0.25) is 0 Å². The Bertz CT molecular complexity index is 1620. The second-order valence-corrected chi connectivity index (χ2v) is 9.74. The van der Waals surface area contributed by atoms with Crippen LogP contribution in [0.25, 0.3) is 22.3 Å². The molecular weight excluding hydrogens is 502 g/mol. The number of para-hydroxylation sites is 1. The number of allylic oxidation sites excluding steroid dienone is 1. The maximum absolute atomic E-state index is 13.8. The third-order valence-electron chi connectivity index (χ3n) is 6.62. The van der Waals surface area contributed by atoms with Gasteiger partial charge in [-0.25, -0.2) is 4.98 Å². The smallest absolute Gasteiger partial charge is 0.282 e. The second-order valence-electron chi connectivity index (χ2n) is 9.74. The van der Waals surface area contributed by atoms with Gasteiger partial charge < -0.3 is 14.2 Å². The van der Waals surface area contributed by atoms with Crippen molar-refractivity contribution in [1.29, 1.82) is 0 Å².